The van der Waals surface area contributed by atoms with Crippen molar-refractivity contribution in [3.05, 3.63) is 74.8 Å². The first-order valence-corrected chi connectivity index (χ1v) is 10.0. The summed E-state index contributed by atoms with van der Waals surface area (Å²) in [6.07, 6.45) is -3.83. The SMILES string of the molecule is [2H]c1c([N+]#[C-])c(C)c([2H])c2c1C(C)O[C@]2(c1ccc(F)c(C)c1C)C([2H])([2H])C([2H])(C)C([2H])([2H])N(C)CC. The van der Waals surface area contributed by atoms with Gasteiger partial charge in [-0.05, 0) is 93.0 Å². The van der Waals surface area contributed by atoms with Crippen molar-refractivity contribution in [3.63, 3.8) is 0 Å². The molecule has 4 heteroatoms. The molecule has 2 unspecified atom stereocenters. The number of halogens is 1. The van der Waals surface area contributed by atoms with E-state index in [4.69, 9.17) is 16.8 Å². The van der Waals surface area contributed by atoms with Gasteiger partial charge in [-0.3, -0.25) is 0 Å². The Hall–Kier alpha value is -2.22. The van der Waals surface area contributed by atoms with Crippen LogP contribution in [0.4, 0.5) is 10.1 Å². The minimum absolute atomic E-state index is 0.0255. The van der Waals surface area contributed by atoms with Crippen LogP contribution < -0.4 is 0 Å². The molecule has 1 aliphatic rings. The predicted octanol–water partition coefficient (Wildman–Crippen LogP) is 6.61. The van der Waals surface area contributed by atoms with E-state index >= 15 is 0 Å². The van der Waals surface area contributed by atoms with Crippen LogP contribution in [-0.4, -0.2) is 25.0 Å². The second-order valence-electron chi connectivity index (χ2n) is 7.79. The lowest BCUT2D eigenvalue weighted by atomic mass is 9.76. The molecule has 0 spiro atoms. The monoisotopic (exact) mass is 415 g/mol. The maximum atomic E-state index is 14.6. The van der Waals surface area contributed by atoms with Gasteiger partial charge in [0.15, 0.2) is 5.69 Å². The zero-order valence-electron chi connectivity index (χ0n) is 25.6. The van der Waals surface area contributed by atoms with E-state index in [-0.39, 0.29) is 52.1 Å². The van der Waals surface area contributed by atoms with Crippen LogP contribution in [0.5, 0.6) is 0 Å². The number of ether oxygens (including phenoxy) is 1. The van der Waals surface area contributed by atoms with Crippen molar-refractivity contribution >= 4 is 5.69 Å². The highest BCUT2D eigenvalue weighted by atomic mass is 19.1. The van der Waals surface area contributed by atoms with E-state index in [9.17, 15) is 8.50 Å². The summed E-state index contributed by atoms with van der Waals surface area (Å²) in [5, 5.41) is 0. The van der Waals surface area contributed by atoms with Crippen molar-refractivity contribution < 1.29 is 18.7 Å². The van der Waals surface area contributed by atoms with Crippen LogP contribution in [0, 0.1) is 39.1 Å². The summed E-state index contributed by atoms with van der Waals surface area (Å²) in [5.41, 5.74) is -1.30. The van der Waals surface area contributed by atoms with Crippen LogP contribution in [0.1, 0.15) is 76.2 Å². The number of fused-ring (bicyclic) bond motifs is 1. The van der Waals surface area contributed by atoms with Gasteiger partial charge in [-0.25, -0.2) is 9.24 Å². The van der Waals surface area contributed by atoms with Crippen molar-refractivity contribution in [2.45, 2.75) is 59.6 Å². The molecule has 0 saturated carbocycles. The van der Waals surface area contributed by atoms with Crippen molar-refractivity contribution in [2.75, 3.05) is 20.1 Å². The van der Waals surface area contributed by atoms with Crippen molar-refractivity contribution in [2.24, 2.45) is 5.89 Å². The van der Waals surface area contributed by atoms with Crippen LogP contribution in [0.25, 0.3) is 4.85 Å². The van der Waals surface area contributed by atoms with E-state index in [1.807, 2.05) is 0 Å². The zero-order valence-corrected chi connectivity index (χ0v) is 18.6. The zero-order chi connectivity index (χ0) is 28.5. The summed E-state index contributed by atoms with van der Waals surface area (Å²) in [6.45, 7) is 14.3. The van der Waals surface area contributed by atoms with Gasteiger partial charge in [0.05, 0.1) is 14.0 Å². The maximum Gasteiger partial charge on any atom is 0.190 e. The third-order valence-corrected chi connectivity index (χ3v) is 5.71. The first-order chi connectivity index (χ1) is 16.9. The molecular weight excluding hydrogens is 375 g/mol. The third-order valence-electron chi connectivity index (χ3n) is 5.71. The normalized spacial score (nSPS) is 26.9. The fourth-order valence-electron chi connectivity index (χ4n) is 3.86. The van der Waals surface area contributed by atoms with Gasteiger partial charge in [0.1, 0.15) is 11.4 Å². The fraction of sp³-hybridized carbons (Fsp3) is 0.500. The average molecular weight is 416 g/mol. The standard InChI is InChI=1S/C26H33FN2O/c1-9-29(8)15-16(2)14-26(22-10-11-24(27)19(5)18(22)4)23-12-17(3)25(28-7)13-21(23)20(6)30-26/h10-13,16,20H,9,14-15H2,1-6,8H3/t16?,20?,26-/m0/s1/i12D,13D,14D2,15D2,16D. The maximum absolute atomic E-state index is 14.6. The first kappa shape index (κ1) is 14.7. The van der Waals surface area contributed by atoms with Crippen LogP contribution in [0.15, 0.2) is 24.2 Å². The summed E-state index contributed by atoms with van der Waals surface area (Å²) >= 11 is 0. The summed E-state index contributed by atoms with van der Waals surface area (Å²) in [4.78, 5) is 4.67. The number of hydrogen-bond acceptors (Lipinski definition) is 2. The average Bonchev–Trinajstić information content (AvgIpc) is 3.15. The molecule has 0 saturated heterocycles. The lowest BCUT2D eigenvalue weighted by Crippen LogP contribution is -2.34. The lowest BCUT2D eigenvalue weighted by Gasteiger charge is -2.36. The molecule has 0 fully saturated rings. The van der Waals surface area contributed by atoms with Gasteiger partial charge in [-0.15, -0.1) is 0 Å². The van der Waals surface area contributed by atoms with Crippen LogP contribution in [-0.2, 0) is 10.3 Å². The van der Waals surface area contributed by atoms with Crippen LogP contribution in [0.3, 0.4) is 0 Å². The molecule has 1 heterocycles. The molecule has 0 aromatic heterocycles. The van der Waals surface area contributed by atoms with Gasteiger partial charge < -0.3 is 9.64 Å². The summed E-state index contributed by atoms with van der Waals surface area (Å²) < 4.78 is 84.6. The molecule has 1 aliphatic heterocycles. The van der Waals surface area contributed by atoms with Gasteiger partial charge in [0.25, 0.3) is 0 Å². The molecule has 0 bridgehead atoms. The van der Waals surface area contributed by atoms with Crippen molar-refractivity contribution in [1.29, 1.82) is 0 Å². The number of hydrogen-bond donors (Lipinski definition) is 0. The fourth-order valence-corrected chi connectivity index (χ4v) is 3.86. The summed E-state index contributed by atoms with van der Waals surface area (Å²) in [7, 11) is 1.46. The molecule has 30 heavy (non-hydrogen) atoms. The van der Waals surface area contributed by atoms with Gasteiger partial charge >= 0.3 is 0 Å². The van der Waals surface area contributed by atoms with Gasteiger partial charge in [-0.2, -0.15) is 0 Å². The molecule has 0 N–H and O–H groups in total. The minimum atomic E-state index is -2.87. The van der Waals surface area contributed by atoms with E-state index < -0.39 is 36.3 Å². The van der Waals surface area contributed by atoms with Crippen molar-refractivity contribution in [1.82, 2.24) is 4.90 Å². The molecule has 3 rings (SSSR count). The van der Waals surface area contributed by atoms with Crippen molar-refractivity contribution in [3.8, 4) is 0 Å². The second kappa shape index (κ2) is 8.49. The molecule has 2 aromatic carbocycles. The number of benzene rings is 2. The Morgan fingerprint density at radius 1 is 1.33 bits per heavy atom. The van der Waals surface area contributed by atoms with E-state index in [2.05, 4.69) is 4.85 Å². The highest BCUT2D eigenvalue weighted by Gasteiger charge is 2.47. The number of nitrogens with zero attached hydrogens (tertiary/aromatic N) is 2. The van der Waals surface area contributed by atoms with Gasteiger partial charge in [-0.1, -0.05) is 32.0 Å². The predicted molar refractivity (Wildman–Crippen MR) is 121 cm³/mol. The summed E-state index contributed by atoms with van der Waals surface area (Å²) in [6, 6.07) is 2.11. The Bertz CT molecular complexity index is 1310. The Balaban J connectivity index is 2.61. The third kappa shape index (κ3) is 3.77. The molecular formula is C26H33FN2O. The van der Waals surface area contributed by atoms with E-state index in [0.29, 0.717) is 5.56 Å². The Labute approximate surface area is 190 Å². The minimum Gasteiger partial charge on any atom is -0.358 e. The Morgan fingerprint density at radius 2 is 2.03 bits per heavy atom. The molecule has 3 nitrogen and oxygen atoms in total. The first-order valence-electron chi connectivity index (χ1n) is 13.5. The van der Waals surface area contributed by atoms with Gasteiger partial charge in [0, 0.05) is 14.7 Å². The highest BCUT2D eigenvalue weighted by Crippen LogP contribution is 2.53. The Kier molecular flexibility index (Phi) is 4.17. The lowest BCUT2D eigenvalue weighted by molar-refractivity contribution is -0.0562. The molecule has 0 radical (unpaired) electrons. The molecule has 2 aromatic rings. The van der Waals surface area contributed by atoms with Crippen LogP contribution >= 0.6 is 0 Å². The van der Waals surface area contributed by atoms with E-state index in [0.717, 1.165) is 6.92 Å². The Morgan fingerprint density at radius 3 is 2.67 bits per heavy atom. The van der Waals surface area contributed by atoms with Crippen LogP contribution in [0.2, 0.25) is 0 Å². The second-order valence-corrected chi connectivity index (χ2v) is 7.79. The van der Waals surface area contributed by atoms with E-state index in [1.54, 1.807) is 20.8 Å². The quantitative estimate of drug-likeness (QED) is 0.493. The topological polar surface area (TPSA) is 16.8 Å². The van der Waals surface area contributed by atoms with E-state index in [1.165, 1.54) is 37.9 Å². The largest absolute Gasteiger partial charge is 0.358 e. The smallest absolute Gasteiger partial charge is 0.190 e. The van der Waals surface area contributed by atoms with Gasteiger partial charge in [0.2, 0.25) is 0 Å². The molecule has 0 aliphatic carbocycles. The molecule has 0 amide bonds. The summed E-state index contributed by atoms with van der Waals surface area (Å²) in [5.74, 6) is -3.02. The highest BCUT2D eigenvalue weighted by molar-refractivity contribution is 5.61. The molecule has 160 valence electrons. The molecule has 3 atom stereocenters. The number of rotatable bonds is 6.